The van der Waals surface area contributed by atoms with Gasteiger partial charge in [-0.1, -0.05) is 23.7 Å². The second kappa shape index (κ2) is 8.47. The molecule has 2 N–H and O–H groups in total. The summed E-state index contributed by atoms with van der Waals surface area (Å²) in [5.74, 6) is -1.74. The van der Waals surface area contributed by atoms with Crippen LogP contribution in [0, 0.1) is 5.82 Å². The molecule has 0 radical (unpaired) electrons. The van der Waals surface area contributed by atoms with Gasteiger partial charge in [-0.25, -0.2) is 17.1 Å². The number of nitrogens with one attached hydrogen (secondary N) is 2. The van der Waals surface area contributed by atoms with Crippen molar-refractivity contribution in [2.45, 2.75) is 11.3 Å². The van der Waals surface area contributed by atoms with Crippen LogP contribution >= 0.6 is 11.6 Å². The van der Waals surface area contributed by atoms with Crippen LogP contribution in [0.3, 0.4) is 0 Å². The van der Waals surface area contributed by atoms with Crippen molar-refractivity contribution in [1.29, 1.82) is 0 Å². The van der Waals surface area contributed by atoms with Crippen molar-refractivity contribution >= 4 is 33.4 Å². The van der Waals surface area contributed by atoms with E-state index in [1.165, 1.54) is 50.5 Å². The Morgan fingerprint density at radius 2 is 1.70 bits per heavy atom. The average Bonchev–Trinajstić information content (AvgIpc) is 2.61. The summed E-state index contributed by atoms with van der Waals surface area (Å²) in [7, 11) is -1.03. The van der Waals surface area contributed by atoms with E-state index in [-0.39, 0.29) is 21.9 Å². The monoisotopic (exact) mass is 413 g/mol. The molecule has 0 saturated heterocycles. The highest BCUT2D eigenvalue weighted by molar-refractivity contribution is 7.89. The highest BCUT2D eigenvalue weighted by atomic mass is 35.5. The molecule has 2 amide bonds. The van der Waals surface area contributed by atoms with Gasteiger partial charge in [-0.05, 0) is 35.9 Å². The van der Waals surface area contributed by atoms with E-state index in [1.807, 2.05) is 0 Å². The van der Waals surface area contributed by atoms with E-state index in [9.17, 15) is 22.4 Å². The quantitative estimate of drug-likeness (QED) is 0.730. The van der Waals surface area contributed by atoms with E-state index in [4.69, 9.17) is 11.6 Å². The van der Waals surface area contributed by atoms with Gasteiger partial charge in [0.05, 0.1) is 21.9 Å². The van der Waals surface area contributed by atoms with Crippen LogP contribution in [0.5, 0.6) is 0 Å². The first kappa shape index (κ1) is 20.8. The van der Waals surface area contributed by atoms with Gasteiger partial charge in [-0.15, -0.1) is 0 Å². The van der Waals surface area contributed by atoms with Crippen molar-refractivity contribution in [3.8, 4) is 0 Å². The average molecular weight is 414 g/mol. The minimum absolute atomic E-state index is 0.0259. The molecule has 0 aliphatic heterocycles. The fraction of sp³-hybridized carbons (Fsp3) is 0.176. The summed E-state index contributed by atoms with van der Waals surface area (Å²) in [5.41, 5.74) is 4.82. The van der Waals surface area contributed by atoms with Gasteiger partial charge < -0.3 is 0 Å². The number of halogens is 2. The van der Waals surface area contributed by atoms with Crippen molar-refractivity contribution in [1.82, 2.24) is 15.2 Å². The summed E-state index contributed by atoms with van der Waals surface area (Å²) in [6.07, 6.45) is -0.0800. The Hall–Kier alpha value is -2.49. The van der Waals surface area contributed by atoms with Crippen LogP contribution in [-0.4, -0.2) is 38.6 Å². The zero-order chi connectivity index (χ0) is 20.2. The van der Waals surface area contributed by atoms with Gasteiger partial charge in [0.15, 0.2) is 0 Å². The molecule has 0 aliphatic carbocycles. The smallest absolute Gasteiger partial charge is 0.271 e. The van der Waals surface area contributed by atoms with Crippen LogP contribution in [0.2, 0.25) is 5.02 Å². The van der Waals surface area contributed by atoms with Crippen LogP contribution in [-0.2, 0) is 21.2 Å². The number of carbonyl (C=O) groups is 2. The van der Waals surface area contributed by atoms with Crippen molar-refractivity contribution in [3.63, 3.8) is 0 Å². The third-order valence-corrected chi connectivity index (χ3v) is 5.70. The first-order chi connectivity index (χ1) is 12.6. The SMILES string of the molecule is CN(C)S(=O)(=O)c1ccc(Cl)c(C(=O)NNC(=O)Cc2ccc(F)cc2)c1. The van der Waals surface area contributed by atoms with Crippen LogP contribution < -0.4 is 10.9 Å². The molecular weight excluding hydrogens is 397 g/mol. The lowest BCUT2D eigenvalue weighted by Crippen LogP contribution is -2.42. The molecule has 2 aromatic carbocycles. The highest BCUT2D eigenvalue weighted by Gasteiger charge is 2.21. The van der Waals surface area contributed by atoms with Crippen LogP contribution in [0.25, 0.3) is 0 Å². The lowest BCUT2D eigenvalue weighted by atomic mass is 10.1. The molecule has 27 heavy (non-hydrogen) atoms. The zero-order valence-electron chi connectivity index (χ0n) is 14.5. The van der Waals surface area contributed by atoms with Crippen molar-refractivity contribution in [2.24, 2.45) is 0 Å². The first-order valence-electron chi connectivity index (χ1n) is 7.67. The molecule has 0 aromatic heterocycles. The molecule has 0 spiro atoms. The van der Waals surface area contributed by atoms with Gasteiger partial charge >= 0.3 is 0 Å². The number of hydrazine groups is 1. The van der Waals surface area contributed by atoms with Crippen molar-refractivity contribution < 1.29 is 22.4 Å². The Labute approximate surface area is 161 Å². The number of rotatable bonds is 5. The number of amides is 2. The number of nitrogens with zero attached hydrogens (tertiary/aromatic N) is 1. The largest absolute Gasteiger partial charge is 0.273 e. The maximum absolute atomic E-state index is 12.9. The number of carbonyl (C=O) groups excluding carboxylic acids is 2. The summed E-state index contributed by atoms with van der Waals surface area (Å²) < 4.78 is 38.2. The fourth-order valence-electron chi connectivity index (χ4n) is 2.08. The van der Waals surface area contributed by atoms with Gasteiger partial charge in [-0.3, -0.25) is 20.4 Å². The minimum Gasteiger partial charge on any atom is -0.273 e. The summed E-state index contributed by atoms with van der Waals surface area (Å²) in [6, 6.07) is 9.02. The number of hydrogen-bond acceptors (Lipinski definition) is 4. The predicted octanol–water partition coefficient (Wildman–Crippen LogP) is 1.73. The van der Waals surface area contributed by atoms with Crippen LogP contribution in [0.4, 0.5) is 4.39 Å². The molecule has 2 rings (SSSR count). The molecule has 0 saturated carbocycles. The summed E-state index contributed by atoms with van der Waals surface area (Å²) in [4.78, 5) is 24.0. The lowest BCUT2D eigenvalue weighted by Gasteiger charge is -2.13. The molecular formula is C17H17ClFN3O4S. The topological polar surface area (TPSA) is 95.6 Å². The Balaban J connectivity index is 2.07. The summed E-state index contributed by atoms with van der Waals surface area (Å²) >= 11 is 5.96. The van der Waals surface area contributed by atoms with E-state index in [1.54, 1.807) is 0 Å². The normalized spacial score (nSPS) is 11.3. The van der Waals surface area contributed by atoms with E-state index in [2.05, 4.69) is 10.9 Å². The third-order valence-electron chi connectivity index (χ3n) is 3.55. The molecule has 0 fully saturated rings. The number of hydrogen-bond donors (Lipinski definition) is 2. The fourth-order valence-corrected chi connectivity index (χ4v) is 3.21. The number of benzene rings is 2. The third kappa shape index (κ3) is 5.25. The molecule has 0 bridgehead atoms. The predicted molar refractivity (Wildman–Crippen MR) is 98.0 cm³/mol. The molecule has 0 unspecified atom stereocenters. The Morgan fingerprint density at radius 1 is 1.07 bits per heavy atom. The summed E-state index contributed by atoms with van der Waals surface area (Å²) in [6.45, 7) is 0. The molecule has 144 valence electrons. The molecule has 0 heterocycles. The van der Waals surface area contributed by atoms with Gasteiger partial charge in [-0.2, -0.15) is 0 Å². The molecule has 0 aliphatic rings. The van der Waals surface area contributed by atoms with Crippen molar-refractivity contribution in [3.05, 3.63) is 64.4 Å². The highest BCUT2D eigenvalue weighted by Crippen LogP contribution is 2.22. The van der Waals surface area contributed by atoms with Gasteiger partial charge in [0.1, 0.15) is 5.82 Å². The maximum atomic E-state index is 12.9. The molecule has 2 aromatic rings. The zero-order valence-corrected chi connectivity index (χ0v) is 16.1. The minimum atomic E-state index is -3.75. The number of sulfonamides is 1. The van der Waals surface area contributed by atoms with E-state index < -0.39 is 27.7 Å². The lowest BCUT2D eigenvalue weighted by molar-refractivity contribution is -0.121. The van der Waals surface area contributed by atoms with Crippen LogP contribution in [0.1, 0.15) is 15.9 Å². The van der Waals surface area contributed by atoms with E-state index in [0.29, 0.717) is 5.56 Å². The first-order valence-corrected chi connectivity index (χ1v) is 9.49. The standard InChI is InChI=1S/C17H17ClFN3O4S/c1-22(2)27(25,26)13-7-8-15(18)14(10-13)17(24)21-20-16(23)9-11-3-5-12(19)6-4-11/h3-8,10H,9H2,1-2H3,(H,20,23)(H,21,24). The van der Waals surface area contributed by atoms with Crippen LogP contribution in [0.15, 0.2) is 47.4 Å². The maximum Gasteiger partial charge on any atom is 0.271 e. The van der Waals surface area contributed by atoms with Crippen molar-refractivity contribution in [2.75, 3.05) is 14.1 Å². The molecule has 7 nitrogen and oxygen atoms in total. The summed E-state index contributed by atoms with van der Waals surface area (Å²) in [5, 5.41) is 0.0259. The van der Waals surface area contributed by atoms with Gasteiger partial charge in [0.2, 0.25) is 15.9 Å². The van der Waals surface area contributed by atoms with E-state index >= 15 is 0 Å². The molecule has 10 heteroatoms. The Bertz CT molecular complexity index is 963. The Morgan fingerprint density at radius 3 is 2.30 bits per heavy atom. The second-order valence-electron chi connectivity index (χ2n) is 5.73. The second-order valence-corrected chi connectivity index (χ2v) is 8.29. The Kier molecular flexibility index (Phi) is 6.53. The van der Waals surface area contributed by atoms with E-state index in [0.717, 1.165) is 10.4 Å². The van der Waals surface area contributed by atoms with Gasteiger partial charge in [0.25, 0.3) is 5.91 Å². The van der Waals surface area contributed by atoms with Gasteiger partial charge in [0, 0.05) is 14.1 Å². The molecule has 0 atom stereocenters.